The molecule has 1 aromatic heterocycles. The van der Waals surface area contributed by atoms with Gasteiger partial charge in [0.1, 0.15) is 11.6 Å². The molecule has 2 aromatic rings. The molecule has 1 aromatic carbocycles. The number of benzene rings is 1. The number of ether oxygens (including phenoxy) is 1. The molecule has 134 valence electrons. The molecular weight excluding hydrogens is 318 g/mol. The van der Waals surface area contributed by atoms with Crippen LogP contribution in [0.5, 0.6) is 5.75 Å². The van der Waals surface area contributed by atoms with E-state index in [4.69, 9.17) is 4.74 Å². The summed E-state index contributed by atoms with van der Waals surface area (Å²) in [7, 11) is 0. The van der Waals surface area contributed by atoms with Gasteiger partial charge in [0.25, 0.3) is 5.91 Å². The van der Waals surface area contributed by atoms with Crippen LogP contribution >= 0.6 is 0 Å². The molecular formula is C18H25N5O2. The number of aromatic nitrogens is 2. The first kappa shape index (κ1) is 18.5. The van der Waals surface area contributed by atoms with Gasteiger partial charge >= 0.3 is 0 Å². The van der Waals surface area contributed by atoms with Crippen molar-refractivity contribution in [1.82, 2.24) is 15.3 Å². The van der Waals surface area contributed by atoms with Gasteiger partial charge in [-0.3, -0.25) is 4.79 Å². The lowest BCUT2D eigenvalue weighted by Crippen LogP contribution is -2.32. The van der Waals surface area contributed by atoms with E-state index < -0.39 is 0 Å². The minimum absolute atomic E-state index is 0.000632. The van der Waals surface area contributed by atoms with E-state index in [0.717, 1.165) is 23.6 Å². The van der Waals surface area contributed by atoms with E-state index in [-0.39, 0.29) is 12.5 Å². The number of nitrogens with zero attached hydrogens (tertiary/aromatic N) is 2. The van der Waals surface area contributed by atoms with Crippen LogP contribution in [0, 0.1) is 13.8 Å². The third kappa shape index (κ3) is 6.66. The summed E-state index contributed by atoms with van der Waals surface area (Å²) >= 11 is 0. The summed E-state index contributed by atoms with van der Waals surface area (Å²) in [6.45, 7) is 7.70. The second-order valence-electron chi connectivity index (χ2n) is 5.63. The van der Waals surface area contributed by atoms with Gasteiger partial charge in [-0.05, 0) is 38.5 Å². The molecule has 3 N–H and O–H groups in total. The average molecular weight is 343 g/mol. The molecule has 0 unspecified atom stereocenters. The lowest BCUT2D eigenvalue weighted by atomic mass is 10.2. The molecule has 0 fully saturated rings. The molecule has 0 aliphatic carbocycles. The van der Waals surface area contributed by atoms with Crippen LogP contribution in [-0.2, 0) is 4.79 Å². The Morgan fingerprint density at radius 1 is 1.12 bits per heavy atom. The van der Waals surface area contributed by atoms with Crippen LogP contribution in [0.3, 0.4) is 0 Å². The molecule has 0 spiro atoms. The van der Waals surface area contributed by atoms with Gasteiger partial charge in [-0.1, -0.05) is 12.1 Å². The van der Waals surface area contributed by atoms with Gasteiger partial charge in [0.05, 0.1) is 0 Å². The van der Waals surface area contributed by atoms with Crippen molar-refractivity contribution < 1.29 is 9.53 Å². The Morgan fingerprint density at radius 2 is 1.96 bits per heavy atom. The van der Waals surface area contributed by atoms with Crippen molar-refractivity contribution >= 4 is 17.7 Å². The molecule has 7 nitrogen and oxygen atoms in total. The summed E-state index contributed by atoms with van der Waals surface area (Å²) < 4.78 is 5.46. The highest BCUT2D eigenvalue weighted by Gasteiger charge is 2.04. The average Bonchev–Trinajstić information content (AvgIpc) is 2.57. The molecule has 0 aliphatic rings. The zero-order valence-corrected chi connectivity index (χ0v) is 14.9. The topological polar surface area (TPSA) is 88.2 Å². The highest BCUT2D eigenvalue weighted by Crippen LogP contribution is 2.12. The summed E-state index contributed by atoms with van der Waals surface area (Å²) in [6.07, 6.45) is 0. The minimum Gasteiger partial charge on any atom is -0.484 e. The van der Waals surface area contributed by atoms with Crippen LogP contribution in [0.1, 0.15) is 18.2 Å². The van der Waals surface area contributed by atoms with Crippen molar-refractivity contribution in [2.45, 2.75) is 20.8 Å². The van der Waals surface area contributed by atoms with E-state index in [1.165, 1.54) is 0 Å². The highest BCUT2D eigenvalue weighted by atomic mass is 16.5. The number of amides is 1. The number of aryl methyl sites for hydroxylation is 2. The maximum absolute atomic E-state index is 11.8. The van der Waals surface area contributed by atoms with Crippen molar-refractivity contribution in [3.63, 3.8) is 0 Å². The van der Waals surface area contributed by atoms with Crippen molar-refractivity contribution in [3.05, 3.63) is 41.6 Å². The van der Waals surface area contributed by atoms with Crippen LogP contribution in [0.4, 0.5) is 11.8 Å². The molecule has 0 atom stereocenters. The van der Waals surface area contributed by atoms with E-state index in [0.29, 0.717) is 24.8 Å². The van der Waals surface area contributed by atoms with Gasteiger partial charge in [0.2, 0.25) is 5.95 Å². The van der Waals surface area contributed by atoms with E-state index in [1.54, 1.807) is 0 Å². The molecule has 0 saturated heterocycles. The fraction of sp³-hybridized carbons (Fsp3) is 0.389. The zero-order valence-electron chi connectivity index (χ0n) is 14.9. The van der Waals surface area contributed by atoms with Crippen molar-refractivity contribution in [2.24, 2.45) is 0 Å². The summed E-state index contributed by atoms with van der Waals surface area (Å²) in [5, 5.41) is 9.07. The Balaban J connectivity index is 1.69. The lowest BCUT2D eigenvalue weighted by Gasteiger charge is -2.10. The molecule has 0 radical (unpaired) electrons. The van der Waals surface area contributed by atoms with Crippen molar-refractivity contribution in [3.8, 4) is 5.75 Å². The number of rotatable bonds is 9. The fourth-order valence-electron chi connectivity index (χ4n) is 2.19. The first-order valence-electron chi connectivity index (χ1n) is 8.36. The molecule has 1 heterocycles. The third-order valence-electron chi connectivity index (χ3n) is 3.30. The maximum Gasteiger partial charge on any atom is 0.258 e. The van der Waals surface area contributed by atoms with Gasteiger partial charge in [0.15, 0.2) is 6.61 Å². The molecule has 25 heavy (non-hydrogen) atoms. The Labute approximate surface area is 148 Å². The summed E-state index contributed by atoms with van der Waals surface area (Å²) in [5.74, 6) is 1.87. The third-order valence-corrected chi connectivity index (χ3v) is 3.30. The second-order valence-corrected chi connectivity index (χ2v) is 5.63. The fourth-order valence-corrected chi connectivity index (χ4v) is 2.19. The smallest absolute Gasteiger partial charge is 0.258 e. The number of nitrogens with one attached hydrogen (secondary N) is 3. The Bertz CT molecular complexity index is 706. The first-order chi connectivity index (χ1) is 12.1. The zero-order chi connectivity index (χ0) is 18.1. The number of hydrogen-bond donors (Lipinski definition) is 3. The van der Waals surface area contributed by atoms with Crippen LogP contribution in [0.15, 0.2) is 30.3 Å². The number of carbonyl (C=O) groups is 1. The SMILES string of the molecule is CCNc1nc(C)cc(NCCNC(=O)COc2cccc(C)c2)n1. The largest absolute Gasteiger partial charge is 0.484 e. The van der Waals surface area contributed by atoms with Crippen molar-refractivity contribution in [1.29, 1.82) is 0 Å². The maximum atomic E-state index is 11.8. The normalized spacial score (nSPS) is 10.2. The van der Waals surface area contributed by atoms with Gasteiger partial charge in [0, 0.05) is 31.4 Å². The lowest BCUT2D eigenvalue weighted by molar-refractivity contribution is -0.123. The van der Waals surface area contributed by atoms with Crippen LogP contribution < -0.4 is 20.7 Å². The minimum atomic E-state index is -0.157. The molecule has 0 bridgehead atoms. The van der Waals surface area contributed by atoms with Gasteiger partial charge in [-0.2, -0.15) is 4.98 Å². The van der Waals surface area contributed by atoms with E-state index in [2.05, 4.69) is 25.9 Å². The highest BCUT2D eigenvalue weighted by molar-refractivity contribution is 5.77. The standard InChI is InChI=1S/C18H25N5O2/c1-4-19-18-22-14(3)11-16(23-18)20-8-9-21-17(24)12-25-15-7-5-6-13(2)10-15/h5-7,10-11H,4,8-9,12H2,1-3H3,(H,21,24)(H2,19,20,22,23). The van der Waals surface area contributed by atoms with Gasteiger partial charge in [-0.15, -0.1) is 0 Å². The van der Waals surface area contributed by atoms with Gasteiger partial charge < -0.3 is 20.7 Å². The van der Waals surface area contributed by atoms with E-state index in [9.17, 15) is 4.79 Å². The van der Waals surface area contributed by atoms with Crippen LogP contribution in [0.25, 0.3) is 0 Å². The van der Waals surface area contributed by atoms with Crippen molar-refractivity contribution in [2.75, 3.05) is 36.9 Å². The molecule has 0 aliphatic heterocycles. The predicted molar refractivity (Wildman–Crippen MR) is 99.1 cm³/mol. The second kappa shape index (κ2) is 9.46. The quantitative estimate of drug-likeness (QED) is 0.605. The Kier molecular flexibility index (Phi) is 7.00. The monoisotopic (exact) mass is 343 g/mol. The number of hydrogen-bond acceptors (Lipinski definition) is 6. The van der Waals surface area contributed by atoms with E-state index >= 15 is 0 Å². The number of carbonyl (C=O) groups excluding carboxylic acids is 1. The summed E-state index contributed by atoms with van der Waals surface area (Å²) in [6, 6.07) is 9.48. The van der Waals surface area contributed by atoms with E-state index in [1.807, 2.05) is 51.1 Å². The molecule has 2 rings (SSSR count). The summed E-state index contributed by atoms with van der Waals surface area (Å²) in [5.41, 5.74) is 1.98. The first-order valence-corrected chi connectivity index (χ1v) is 8.36. The predicted octanol–water partition coefficient (Wildman–Crippen LogP) is 2.13. The van der Waals surface area contributed by atoms with Crippen LogP contribution in [-0.4, -0.2) is 42.1 Å². The van der Waals surface area contributed by atoms with Crippen LogP contribution in [0.2, 0.25) is 0 Å². The Morgan fingerprint density at radius 3 is 2.72 bits per heavy atom. The molecule has 0 saturated carbocycles. The number of anilines is 2. The van der Waals surface area contributed by atoms with Gasteiger partial charge in [-0.25, -0.2) is 4.98 Å². The molecule has 1 amide bonds. The Hall–Kier alpha value is -2.83. The molecule has 7 heteroatoms. The summed E-state index contributed by atoms with van der Waals surface area (Å²) in [4.78, 5) is 20.5.